The van der Waals surface area contributed by atoms with Crippen molar-refractivity contribution < 1.29 is 9.50 Å². The van der Waals surface area contributed by atoms with Crippen LogP contribution >= 0.6 is 0 Å². The number of hydrogen-bond acceptors (Lipinski definition) is 2. The third-order valence-electron chi connectivity index (χ3n) is 3.86. The zero-order valence-corrected chi connectivity index (χ0v) is 11.0. The van der Waals surface area contributed by atoms with Crippen LogP contribution in [0.3, 0.4) is 0 Å². The summed E-state index contributed by atoms with van der Waals surface area (Å²) in [5.41, 5.74) is 0.419. The first-order valence-electron chi connectivity index (χ1n) is 6.81. The molecule has 1 fully saturated rings. The van der Waals surface area contributed by atoms with E-state index in [0.717, 1.165) is 25.6 Å². The minimum absolute atomic E-state index is 0.308. The molecule has 0 radical (unpaired) electrons. The van der Waals surface area contributed by atoms with E-state index in [1.165, 1.54) is 18.9 Å². The Bertz CT molecular complexity index is 375. The Morgan fingerprint density at radius 2 is 2.00 bits per heavy atom. The minimum Gasteiger partial charge on any atom is -0.388 e. The minimum atomic E-state index is -0.689. The number of likely N-dealkylation sites (tertiary alicyclic amines) is 1. The number of aliphatic hydroxyl groups is 1. The van der Waals surface area contributed by atoms with Crippen molar-refractivity contribution in [1.29, 1.82) is 0 Å². The van der Waals surface area contributed by atoms with E-state index in [1.807, 2.05) is 0 Å². The Morgan fingerprint density at radius 3 is 2.67 bits per heavy atom. The molecule has 1 atom stereocenters. The van der Waals surface area contributed by atoms with Crippen molar-refractivity contribution in [2.75, 3.05) is 19.6 Å². The summed E-state index contributed by atoms with van der Waals surface area (Å²) in [6, 6.07) is 6.49. The fourth-order valence-corrected chi connectivity index (χ4v) is 2.49. The van der Waals surface area contributed by atoms with Crippen LogP contribution in [-0.4, -0.2) is 29.6 Å². The van der Waals surface area contributed by atoms with Gasteiger partial charge in [-0.05, 0) is 44.3 Å². The molecule has 2 nitrogen and oxygen atoms in total. The first-order chi connectivity index (χ1) is 8.66. The summed E-state index contributed by atoms with van der Waals surface area (Å²) < 4.78 is 13.5. The second-order valence-electron chi connectivity index (χ2n) is 5.35. The lowest BCUT2D eigenvalue weighted by atomic mass is 9.98. The largest absolute Gasteiger partial charge is 0.388 e. The first kappa shape index (κ1) is 13.5. The van der Waals surface area contributed by atoms with Crippen LogP contribution in [0, 0.1) is 11.7 Å². The molecule has 2 rings (SSSR count). The predicted molar refractivity (Wildman–Crippen MR) is 70.8 cm³/mol. The number of halogens is 1. The van der Waals surface area contributed by atoms with Gasteiger partial charge in [0.15, 0.2) is 0 Å². The Balaban J connectivity index is 1.81. The van der Waals surface area contributed by atoms with Gasteiger partial charge in [0.1, 0.15) is 5.82 Å². The number of nitrogens with zero attached hydrogens (tertiary/aromatic N) is 1. The third kappa shape index (κ3) is 3.53. The number of benzene rings is 1. The van der Waals surface area contributed by atoms with E-state index in [0.29, 0.717) is 12.0 Å². The molecule has 1 unspecified atom stereocenters. The third-order valence-corrected chi connectivity index (χ3v) is 3.86. The van der Waals surface area contributed by atoms with Gasteiger partial charge in [-0.1, -0.05) is 25.1 Å². The van der Waals surface area contributed by atoms with Crippen LogP contribution in [-0.2, 0) is 0 Å². The quantitative estimate of drug-likeness (QED) is 0.889. The summed E-state index contributed by atoms with van der Waals surface area (Å²) in [6.45, 7) is 5.34. The Labute approximate surface area is 108 Å². The number of hydrogen-bond donors (Lipinski definition) is 1. The molecule has 1 N–H and O–H groups in total. The second kappa shape index (κ2) is 6.30. The monoisotopic (exact) mass is 251 g/mol. The zero-order valence-electron chi connectivity index (χ0n) is 11.0. The van der Waals surface area contributed by atoms with Gasteiger partial charge in [0, 0.05) is 12.1 Å². The highest BCUT2D eigenvalue weighted by Gasteiger charge is 2.18. The average molecular weight is 251 g/mol. The van der Waals surface area contributed by atoms with Gasteiger partial charge in [0.05, 0.1) is 6.10 Å². The molecule has 3 heteroatoms. The molecule has 1 aromatic rings. The molecule has 0 spiro atoms. The topological polar surface area (TPSA) is 23.5 Å². The van der Waals surface area contributed by atoms with E-state index >= 15 is 0 Å². The molecular weight excluding hydrogens is 229 g/mol. The van der Waals surface area contributed by atoms with Crippen LogP contribution in [0.4, 0.5) is 4.39 Å². The van der Waals surface area contributed by atoms with E-state index in [1.54, 1.807) is 18.2 Å². The smallest absolute Gasteiger partial charge is 0.128 e. The lowest BCUT2D eigenvalue weighted by Crippen LogP contribution is -2.34. The van der Waals surface area contributed by atoms with Crippen LogP contribution in [0.5, 0.6) is 0 Å². The number of aliphatic hydroxyl groups excluding tert-OH is 1. The highest BCUT2D eigenvalue weighted by Crippen LogP contribution is 2.22. The second-order valence-corrected chi connectivity index (χ2v) is 5.35. The highest BCUT2D eigenvalue weighted by molar-refractivity contribution is 5.19. The Morgan fingerprint density at radius 1 is 1.33 bits per heavy atom. The number of rotatable bonds is 4. The van der Waals surface area contributed by atoms with Crippen molar-refractivity contribution in [2.45, 2.75) is 32.3 Å². The predicted octanol–water partition coefficient (Wildman–Crippen LogP) is 2.98. The van der Waals surface area contributed by atoms with Crippen LogP contribution in [0.15, 0.2) is 24.3 Å². The van der Waals surface area contributed by atoms with Crippen LogP contribution in [0.25, 0.3) is 0 Å². The normalized spacial score (nSPS) is 19.9. The SMILES string of the molecule is CC1CCN(CCC(O)c2ccccc2F)CC1. The molecule has 1 saturated heterocycles. The van der Waals surface area contributed by atoms with Crippen LogP contribution in [0.1, 0.15) is 37.9 Å². The maximum atomic E-state index is 13.5. The van der Waals surface area contributed by atoms with Crippen molar-refractivity contribution in [2.24, 2.45) is 5.92 Å². The number of piperidine rings is 1. The highest BCUT2D eigenvalue weighted by atomic mass is 19.1. The molecule has 0 amide bonds. The van der Waals surface area contributed by atoms with Gasteiger partial charge in [0.2, 0.25) is 0 Å². The molecule has 1 heterocycles. The maximum Gasteiger partial charge on any atom is 0.128 e. The van der Waals surface area contributed by atoms with Crippen LogP contribution < -0.4 is 0 Å². The van der Waals surface area contributed by atoms with Crippen LogP contribution in [0.2, 0.25) is 0 Å². The molecule has 100 valence electrons. The summed E-state index contributed by atoms with van der Waals surface area (Å²) in [6.07, 6.45) is 2.38. The summed E-state index contributed by atoms with van der Waals surface area (Å²) in [7, 11) is 0. The standard InChI is InChI=1S/C15H22FNO/c1-12-6-9-17(10-7-12)11-8-15(18)13-4-2-3-5-14(13)16/h2-5,12,15,18H,6-11H2,1H3. The van der Waals surface area contributed by atoms with Gasteiger partial charge < -0.3 is 10.0 Å². The lowest BCUT2D eigenvalue weighted by Gasteiger charge is -2.30. The van der Waals surface area contributed by atoms with Gasteiger partial charge in [-0.2, -0.15) is 0 Å². The lowest BCUT2D eigenvalue weighted by molar-refractivity contribution is 0.123. The summed E-state index contributed by atoms with van der Waals surface area (Å²) in [5, 5.41) is 10.0. The van der Waals surface area contributed by atoms with Crippen molar-refractivity contribution in [3.05, 3.63) is 35.6 Å². The molecule has 18 heavy (non-hydrogen) atoms. The summed E-state index contributed by atoms with van der Waals surface area (Å²) >= 11 is 0. The van der Waals surface area contributed by atoms with Crippen molar-refractivity contribution in [3.63, 3.8) is 0 Å². The average Bonchev–Trinajstić information content (AvgIpc) is 2.38. The Kier molecular flexibility index (Phi) is 4.72. The Hall–Kier alpha value is -0.930. The van der Waals surface area contributed by atoms with Crippen molar-refractivity contribution >= 4 is 0 Å². The fraction of sp³-hybridized carbons (Fsp3) is 0.600. The van der Waals surface area contributed by atoms with E-state index in [-0.39, 0.29) is 5.82 Å². The van der Waals surface area contributed by atoms with Gasteiger partial charge >= 0.3 is 0 Å². The van der Waals surface area contributed by atoms with Gasteiger partial charge in [-0.3, -0.25) is 0 Å². The molecule has 1 aromatic carbocycles. The van der Waals surface area contributed by atoms with Gasteiger partial charge in [-0.15, -0.1) is 0 Å². The maximum absolute atomic E-state index is 13.5. The molecule has 0 aliphatic carbocycles. The van der Waals surface area contributed by atoms with Gasteiger partial charge in [0.25, 0.3) is 0 Å². The molecule has 0 aromatic heterocycles. The molecule has 1 aliphatic heterocycles. The van der Waals surface area contributed by atoms with Gasteiger partial charge in [-0.25, -0.2) is 4.39 Å². The summed E-state index contributed by atoms with van der Waals surface area (Å²) in [5.74, 6) is 0.509. The van der Waals surface area contributed by atoms with Crippen molar-refractivity contribution in [3.8, 4) is 0 Å². The molecular formula is C15H22FNO. The fourth-order valence-electron chi connectivity index (χ4n) is 2.49. The first-order valence-corrected chi connectivity index (χ1v) is 6.81. The molecule has 0 saturated carbocycles. The van der Waals surface area contributed by atoms with E-state index in [4.69, 9.17) is 0 Å². The van der Waals surface area contributed by atoms with E-state index in [9.17, 15) is 9.50 Å². The zero-order chi connectivity index (χ0) is 13.0. The van der Waals surface area contributed by atoms with E-state index < -0.39 is 6.10 Å². The molecule has 0 bridgehead atoms. The van der Waals surface area contributed by atoms with Crippen molar-refractivity contribution in [1.82, 2.24) is 4.90 Å². The molecule has 1 aliphatic rings. The van der Waals surface area contributed by atoms with E-state index in [2.05, 4.69) is 11.8 Å². The summed E-state index contributed by atoms with van der Waals surface area (Å²) in [4.78, 5) is 2.37.